The molecule has 176 valence electrons. The fourth-order valence-corrected chi connectivity index (χ4v) is 5.33. The van der Waals surface area contributed by atoms with Crippen molar-refractivity contribution in [2.45, 2.75) is 117 Å². The van der Waals surface area contributed by atoms with Crippen molar-refractivity contribution in [1.29, 1.82) is 0 Å². The van der Waals surface area contributed by atoms with Gasteiger partial charge in [0.1, 0.15) is 0 Å². The minimum Gasteiger partial charge on any atom is -0.236 e. The van der Waals surface area contributed by atoms with Gasteiger partial charge in [-0.3, -0.25) is 0 Å². The molecule has 0 amide bonds. The largest absolute Gasteiger partial charge is 0.236 e. The lowest BCUT2D eigenvalue weighted by atomic mass is 9.78. The zero-order valence-electron chi connectivity index (χ0n) is 20.8. The molecule has 3 rings (SSSR count). The number of hydrogen-bond acceptors (Lipinski definition) is 2. The van der Waals surface area contributed by atoms with Crippen molar-refractivity contribution in [3.63, 3.8) is 0 Å². The summed E-state index contributed by atoms with van der Waals surface area (Å²) in [4.78, 5) is 9.36. The second kappa shape index (κ2) is 14.4. The van der Waals surface area contributed by atoms with Gasteiger partial charge in [-0.2, -0.15) is 0 Å². The van der Waals surface area contributed by atoms with Gasteiger partial charge in [-0.25, -0.2) is 9.97 Å². The van der Waals surface area contributed by atoms with Gasteiger partial charge in [-0.05, 0) is 48.6 Å². The van der Waals surface area contributed by atoms with Crippen molar-refractivity contribution in [3.05, 3.63) is 47.8 Å². The molecule has 1 aliphatic rings. The minimum absolute atomic E-state index is 0.858. The van der Waals surface area contributed by atoms with Crippen molar-refractivity contribution in [1.82, 2.24) is 9.97 Å². The molecule has 0 saturated heterocycles. The van der Waals surface area contributed by atoms with Crippen LogP contribution in [0.5, 0.6) is 0 Å². The zero-order valence-corrected chi connectivity index (χ0v) is 20.8. The summed E-state index contributed by atoms with van der Waals surface area (Å²) in [6.07, 6.45) is 25.8. The summed E-state index contributed by atoms with van der Waals surface area (Å²) in [5.74, 6) is 2.77. The quantitative estimate of drug-likeness (QED) is 0.277. The Bertz CT molecular complexity index is 726. The topological polar surface area (TPSA) is 25.8 Å². The number of hydrogen-bond donors (Lipinski definition) is 0. The van der Waals surface area contributed by atoms with Crippen LogP contribution >= 0.6 is 0 Å². The first-order valence-corrected chi connectivity index (χ1v) is 13.7. The predicted molar refractivity (Wildman–Crippen MR) is 138 cm³/mol. The lowest BCUT2D eigenvalue weighted by Crippen LogP contribution is -2.15. The number of unbranched alkanes of at least 4 members (excludes halogenated alkanes) is 6. The summed E-state index contributed by atoms with van der Waals surface area (Å²) < 4.78 is 0. The van der Waals surface area contributed by atoms with Gasteiger partial charge in [-0.15, -0.1) is 0 Å². The van der Waals surface area contributed by atoms with E-state index in [1.165, 1.54) is 107 Å². The molecule has 0 radical (unpaired) electrons. The van der Waals surface area contributed by atoms with Gasteiger partial charge in [0, 0.05) is 18.0 Å². The molecule has 0 N–H and O–H groups in total. The van der Waals surface area contributed by atoms with Crippen molar-refractivity contribution in [2.75, 3.05) is 0 Å². The minimum atomic E-state index is 0.858. The summed E-state index contributed by atoms with van der Waals surface area (Å²) in [5.41, 5.74) is 3.86. The molecule has 0 bridgehead atoms. The molecule has 2 heteroatoms. The molecule has 1 fully saturated rings. The summed E-state index contributed by atoms with van der Waals surface area (Å²) >= 11 is 0. The first kappa shape index (κ1) is 24.9. The van der Waals surface area contributed by atoms with Gasteiger partial charge in [0.15, 0.2) is 5.82 Å². The summed E-state index contributed by atoms with van der Waals surface area (Å²) in [7, 11) is 0. The number of aromatic nitrogens is 2. The average molecular weight is 435 g/mol. The third-order valence-electron chi connectivity index (χ3n) is 7.49. The normalized spacial score (nSPS) is 18.7. The van der Waals surface area contributed by atoms with E-state index in [-0.39, 0.29) is 0 Å². The second-order valence-corrected chi connectivity index (χ2v) is 10.2. The van der Waals surface area contributed by atoms with Gasteiger partial charge in [0.25, 0.3) is 0 Å². The fourth-order valence-electron chi connectivity index (χ4n) is 5.33. The number of nitrogens with zero attached hydrogens (tertiary/aromatic N) is 2. The lowest BCUT2D eigenvalue weighted by Gasteiger charge is -2.28. The highest BCUT2D eigenvalue weighted by Crippen LogP contribution is 2.33. The molecule has 2 aromatic rings. The maximum absolute atomic E-state index is 4.68. The van der Waals surface area contributed by atoms with Gasteiger partial charge in [0.2, 0.25) is 0 Å². The Kier molecular flexibility index (Phi) is 11.3. The maximum atomic E-state index is 4.68. The van der Waals surface area contributed by atoms with Gasteiger partial charge in [-0.1, -0.05) is 115 Å². The average Bonchev–Trinajstić information content (AvgIpc) is 2.84. The van der Waals surface area contributed by atoms with Gasteiger partial charge >= 0.3 is 0 Å². The van der Waals surface area contributed by atoms with Crippen LogP contribution in [0.1, 0.15) is 115 Å². The molecule has 32 heavy (non-hydrogen) atoms. The highest BCUT2D eigenvalue weighted by atomic mass is 14.9. The molecule has 1 aromatic heterocycles. The maximum Gasteiger partial charge on any atom is 0.159 e. The van der Waals surface area contributed by atoms with E-state index < -0.39 is 0 Å². The Hall–Kier alpha value is -1.70. The molecule has 0 spiro atoms. The van der Waals surface area contributed by atoms with Crippen molar-refractivity contribution in [3.8, 4) is 11.4 Å². The van der Waals surface area contributed by atoms with Crippen molar-refractivity contribution in [2.24, 2.45) is 11.8 Å². The number of aryl methyl sites for hydroxylation is 2. The van der Waals surface area contributed by atoms with Crippen LogP contribution in [-0.2, 0) is 12.8 Å². The number of benzene rings is 1. The van der Waals surface area contributed by atoms with Crippen LogP contribution in [0, 0.1) is 11.8 Å². The van der Waals surface area contributed by atoms with E-state index in [1.807, 2.05) is 0 Å². The Morgan fingerprint density at radius 2 is 1.22 bits per heavy atom. The van der Waals surface area contributed by atoms with Crippen LogP contribution in [0.25, 0.3) is 11.4 Å². The second-order valence-electron chi connectivity index (χ2n) is 10.2. The molecule has 1 heterocycles. The van der Waals surface area contributed by atoms with Crippen LogP contribution in [0.4, 0.5) is 0 Å². The van der Waals surface area contributed by atoms with E-state index in [0.717, 1.165) is 29.6 Å². The van der Waals surface area contributed by atoms with E-state index in [0.29, 0.717) is 0 Å². The summed E-state index contributed by atoms with van der Waals surface area (Å²) in [6, 6.07) is 8.91. The van der Waals surface area contributed by atoms with E-state index in [4.69, 9.17) is 0 Å². The van der Waals surface area contributed by atoms with Crippen LogP contribution in [0.15, 0.2) is 36.7 Å². The van der Waals surface area contributed by atoms with Gasteiger partial charge in [0.05, 0.1) is 0 Å². The van der Waals surface area contributed by atoms with Crippen LogP contribution < -0.4 is 0 Å². The first-order valence-electron chi connectivity index (χ1n) is 13.7. The Balaban J connectivity index is 1.37. The lowest BCUT2D eigenvalue weighted by molar-refractivity contribution is 0.252. The van der Waals surface area contributed by atoms with Gasteiger partial charge < -0.3 is 0 Å². The molecular weight excluding hydrogens is 388 g/mol. The third kappa shape index (κ3) is 8.68. The Morgan fingerprint density at radius 1 is 0.625 bits per heavy atom. The highest BCUT2D eigenvalue weighted by Gasteiger charge is 2.20. The Labute approximate surface area is 197 Å². The molecule has 0 unspecified atom stereocenters. The Morgan fingerprint density at radius 3 is 1.84 bits per heavy atom. The zero-order chi connectivity index (χ0) is 22.4. The van der Waals surface area contributed by atoms with Crippen molar-refractivity contribution < 1.29 is 0 Å². The predicted octanol–water partition coefficient (Wildman–Crippen LogP) is 8.98. The SMILES string of the molecule is CCCCCCCCCc1ccc(-c2ncc(CCC3CCC(CCC)CC3)cn2)cc1. The smallest absolute Gasteiger partial charge is 0.159 e. The molecule has 1 aliphatic carbocycles. The summed E-state index contributed by atoms with van der Waals surface area (Å²) in [6.45, 7) is 4.60. The van der Waals surface area contributed by atoms with E-state index in [9.17, 15) is 0 Å². The molecular formula is C30H46N2. The molecule has 2 nitrogen and oxygen atoms in total. The molecule has 1 aromatic carbocycles. The third-order valence-corrected chi connectivity index (χ3v) is 7.49. The molecule has 0 aliphatic heterocycles. The standard InChI is InChI=1S/C30H46N2/c1-3-5-6-7-8-9-10-12-26-19-21-29(22-20-26)30-31-23-28(24-32-30)18-17-27-15-13-25(11-4-2)14-16-27/h19-25,27H,3-18H2,1-2H3. The molecule has 1 saturated carbocycles. The van der Waals surface area contributed by atoms with Crippen molar-refractivity contribution >= 4 is 0 Å². The van der Waals surface area contributed by atoms with E-state index in [2.05, 4.69) is 60.5 Å². The fraction of sp³-hybridized carbons (Fsp3) is 0.667. The van der Waals surface area contributed by atoms with E-state index >= 15 is 0 Å². The number of rotatable bonds is 14. The van der Waals surface area contributed by atoms with E-state index in [1.54, 1.807) is 0 Å². The molecule has 0 atom stereocenters. The van der Waals surface area contributed by atoms with Crippen LogP contribution in [0.3, 0.4) is 0 Å². The van der Waals surface area contributed by atoms with Crippen LogP contribution in [-0.4, -0.2) is 9.97 Å². The summed E-state index contributed by atoms with van der Waals surface area (Å²) in [5, 5.41) is 0. The highest BCUT2D eigenvalue weighted by molar-refractivity contribution is 5.55. The monoisotopic (exact) mass is 434 g/mol. The first-order chi connectivity index (χ1) is 15.8. The van der Waals surface area contributed by atoms with Crippen LogP contribution in [0.2, 0.25) is 0 Å².